The zero-order valence-corrected chi connectivity index (χ0v) is 19.6. The lowest BCUT2D eigenvalue weighted by molar-refractivity contribution is -0.153. The van der Waals surface area contributed by atoms with E-state index in [2.05, 4.69) is 5.32 Å². The number of rotatable bonds is 14. The summed E-state index contributed by atoms with van der Waals surface area (Å²) in [6, 6.07) is 0. The molecule has 0 aromatic rings. The number of carbonyl (C=O) groups is 3. The van der Waals surface area contributed by atoms with Crippen molar-refractivity contribution in [2.75, 3.05) is 13.2 Å². The fraction of sp³-hybridized carbons (Fsp3) is 0.750. The van der Waals surface area contributed by atoms with Gasteiger partial charge in [-0.25, -0.2) is 4.79 Å². The smallest absolute Gasteiger partial charge is 0.337 e. The summed E-state index contributed by atoms with van der Waals surface area (Å²) >= 11 is 0. The molecule has 0 aromatic carbocycles. The monoisotopic (exact) mass is 449 g/mol. The summed E-state index contributed by atoms with van der Waals surface area (Å²) in [5, 5.41) is 0.461. The van der Waals surface area contributed by atoms with Crippen molar-refractivity contribution in [1.29, 1.82) is 0 Å². The van der Waals surface area contributed by atoms with Gasteiger partial charge in [0.1, 0.15) is 5.16 Å². The molecule has 0 bridgehead atoms. The number of unbranched alkanes of at least 4 members (excludes halogenated alkanes) is 2. The molecule has 0 saturated heterocycles. The third-order valence-corrected chi connectivity index (χ3v) is 7.55. The first kappa shape index (κ1) is 28.3. The van der Waals surface area contributed by atoms with E-state index in [0.717, 1.165) is 0 Å². The molecule has 0 aromatic heterocycles. The molecule has 10 heteroatoms. The van der Waals surface area contributed by atoms with Gasteiger partial charge in [-0.2, -0.15) is 0 Å². The summed E-state index contributed by atoms with van der Waals surface area (Å²) in [5.74, 6) is -2.69. The molecule has 174 valence electrons. The second kappa shape index (κ2) is 12.2. The summed E-state index contributed by atoms with van der Waals surface area (Å²) in [6.45, 7) is 9.54. The van der Waals surface area contributed by atoms with E-state index in [4.69, 9.17) is 9.47 Å². The number of hydrogen-bond donors (Lipinski definition) is 3. The highest BCUT2D eigenvalue weighted by molar-refractivity contribution is 7.53. The van der Waals surface area contributed by atoms with Gasteiger partial charge in [-0.1, -0.05) is 39.8 Å². The number of nitrogens with one attached hydrogen (secondary N) is 1. The van der Waals surface area contributed by atoms with Crippen LogP contribution in [-0.2, 0) is 28.4 Å². The van der Waals surface area contributed by atoms with E-state index in [1.165, 1.54) is 13.0 Å². The zero-order chi connectivity index (χ0) is 23.6. The summed E-state index contributed by atoms with van der Waals surface area (Å²) < 4.78 is 22.9. The van der Waals surface area contributed by atoms with E-state index in [9.17, 15) is 28.7 Å². The van der Waals surface area contributed by atoms with E-state index < -0.39 is 36.1 Å². The Bertz CT molecular complexity index is 647. The zero-order valence-electron chi connectivity index (χ0n) is 18.7. The topological polar surface area (TPSA) is 139 Å². The van der Waals surface area contributed by atoms with Gasteiger partial charge in [0.2, 0.25) is 6.41 Å². The maximum atomic E-state index is 13.1. The molecule has 0 spiro atoms. The fourth-order valence-electron chi connectivity index (χ4n) is 4.25. The van der Waals surface area contributed by atoms with Gasteiger partial charge in [-0.3, -0.25) is 14.2 Å². The average Bonchev–Trinajstić information content (AvgIpc) is 2.59. The number of carbonyl (C=O) groups excluding carboxylic acids is 3. The third kappa shape index (κ3) is 6.15. The van der Waals surface area contributed by atoms with E-state index in [1.54, 1.807) is 40.7 Å². The predicted molar refractivity (Wildman–Crippen MR) is 113 cm³/mol. The molecule has 0 fully saturated rings. The van der Waals surface area contributed by atoms with Gasteiger partial charge in [0.25, 0.3) is 0 Å². The minimum Gasteiger partial charge on any atom is -0.466 e. The standard InChI is InChI=1S/C20H36NO8P/c1-7-28-18(24)19(21-14-22,12-10-8-9-11-13-29-17(6)23)20(15(2)3,16(4)5)30(25,26)27/h10,12,14-16H,7-9,11,13H2,1-6H3,(H,21,22)(H2,25,26,27). The van der Waals surface area contributed by atoms with Crippen molar-refractivity contribution in [2.45, 2.75) is 71.5 Å². The Hall–Kier alpha value is -1.70. The predicted octanol–water partition coefficient (Wildman–Crippen LogP) is 2.55. The molecule has 0 aliphatic carbocycles. The van der Waals surface area contributed by atoms with E-state index >= 15 is 0 Å². The van der Waals surface area contributed by atoms with E-state index in [-0.39, 0.29) is 25.6 Å². The van der Waals surface area contributed by atoms with Crippen molar-refractivity contribution in [2.24, 2.45) is 11.8 Å². The van der Waals surface area contributed by atoms with Crippen LogP contribution in [0.25, 0.3) is 0 Å². The van der Waals surface area contributed by atoms with Crippen LogP contribution in [0.2, 0.25) is 0 Å². The molecule has 3 N–H and O–H groups in total. The number of ether oxygens (including phenoxy) is 2. The Morgan fingerprint density at radius 3 is 2.07 bits per heavy atom. The number of hydrogen-bond acceptors (Lipinski definition) is 6. The van der Waals surface area contributed by atoms with Crippen molar-refractivity contribution in [3.8, 4) is 0 Å². The van der Waals surface area contributed by atoms with Crippen LogP contribution in [0, 0.1) is 11.8 Å². The summed E-state index contributed by atoms with van der Waals surface area (Å²) in [4.78, 5) is 56.3. The first-order chi connectivity index (χ1) is 13.8. The quantitative estimate of drug-likeness (QED) is 0.121. The van der Waals surface area contributed by atoms with Crippen LogP contribution in [0.5, 0.6) is 0 Å². The molecule has 0 saturated carbocycles. The van der Waals surface area contributed by atoms with Crippen LogP contribution < -0.4 is 5.32 Å². The molecule has 0 aliphatic heterocycles. The molecule has 30 heavy (non-hydrogen) atoms. The van der Waals surface area contributed by atoms with Gasteiger partial charge in [0.15, 0.2) is 5.54 Å². The van der Waals surface area contributed by atoms with Gasteiger partial charge < -0.3 is 24.6 Å². The molecule has 1 atom stereocenters. The van der Waals surface area contributed by atoms with Crippen molar-refractivity contribution in [1.82, 2.24) is 5.32 Å². The van der Waals surface area contributed by atoms with Crippen molar-refractivity contribution in [3.05, 3.63) is 12.2 Å². The van der Waals surface area contributed by atoms with Crippen molar-refractivity contribution in [3.63, 3.8) is 0 Å². The highest BCUT2D eigenvalue weighted by Crippen LogP contribution is 2.64. The molecule has 0 aliphatic rings. The second-order valence-electron chi connectivity index (χ2n) is 7.71. The first-order valence-electron chi connectivity index (χ1n) is 10.1. The molecule has 0 rings (SSSR count). The molecule has 9 nitrogen and oxygen atoms in total. The lowest BCUT2D eigenvalue weighted by Gasteiger charge is -2.51. The van der Waals surface area contributed by atoms with Gasteiger partial charge in [-0.05, 0) is 38.0 Å². The van der Waals surface area contributed by atoms with Crippen LogP contribution in [0.4, 0.5) is 0 Å². The highest BCUT2D eigenvalue weighted by atomic mass is 31.2. The number of amides is 1. The Labute approximate surface area is 178 Å². The van der Waals surface area contributed by atoms with Gasteiger partial charge >= 0.3 is 19.5 Å². The fourth-order valence-corrected chi connectivity index (χ4v) is 6.28. The normalized spacial score (nSPS) is 14.6. The van der Waals surface area contributed by atoms with Crippen molar-refractivity contribution < 1.29 is 38.2 Å². The van der Waals surface area contributed by atoms with Crippen LogP contribution >= 0.6 is 7.60 Å². The van der Waals surface area contributed by atoms with Crippen LogP contribution in [0.15, 0.2) is 12.2 Å². The Morgan fingerprint density at radius 2 is 1.67 bits per heavy atom. The van der Waals surface area contributed by atoms with Crippen LogP contribution in [0.1, 0.15) is 60.8 Å². The third-order valence-electron chi connectivity index (χ3n) is 5.20. The maximum Gasteiger partial charge on any atom is 0.337 e. The van der Waals surface area contributed by atoms with Gasteiger partial charge in [-0.15, -0.1) is 0 Å². The van der Waals surface area contributed by atoms with Crippen molar-refractivity contribution >= 4 is 25.9 Å². The minimum absolute atomic E-state index is 0.0230. The summed E-state index contributed by atoms with van der Waals surface area (Å²) in [6.07, 6.45) is 4.82. The molecule has 1 unspecified atom stereocenters. The molecular weight excluding hydrogens is 413 g/mol. The highest BCUT2D eigenvalue weighted by Gasteiger charge is 2.68. The average molecular weight is 449 g/mol. The Kier molecular flexibility index (Phi) is 11.5. The SMILES string of the molecule is CCOC(=O)C(C=CCCCCOC(C)=O)(NC=O)C(C(C)C)(C(C)C)P(=O)(O)O. The van der Waals surface area contributed by atoms with Crippen LogP contribution in [0.3, 0.4) is 0 Å². The molecule has 0 heterocycles. The number of allylic oxidation sites excluding steroid dienone is 1. The second-order valence-corrected chi connectivity index (χ2v) is 9.54. The first-order valence-corrected chi connectivity index (χ1v) is 11.7. The Balaban J connectivity index is 6.30. The lowest BCUT2D eigenvalue weighted by Crippen LogP contribution is -2.70. The minimum atomic E-state index is -4.96. The van der Waals surface area contributed by atoms with Gasteiger partial charge in [0, 0.05) is 6.92 Å². The summed E-state index contributed by atoms with van der Waals surface area (Å²) in [5.41, 5.74) is -2.07. The maximum absolute atomic E-state index is 13.1. The van der Waals surface area contributed by atoms with E-state index in [0.29, 0.717) is 19.3 Å². The van der Waals surface area contributed by atoms with Gasteiger partial charge in [0.05, 0.1) is 13.2 Å². The molecular formula is C20H36NO8P. The largest absolute Gasteiger partial charge is 0.466 e. The lowest BCUT2D eigenvalue weighted by atomic mass is 9.69. The number of esters is 2. The molecule has 0 radical (unpaired) electrons. The van der Waals surface area contributed by atoms with Crippen LogP contribution in [-0.4, -0.2) is 52.0 Å². The van der Waals surface area contributed by atoms with E-state index in [1.807, 2.05) is 0 Å². The Morgan fingerprint density at radius 1 is 1.10 bits per heavy atom. The summed E-state index contributed by atoms with van der Waals surface area (Å²) in [7, 11) is -4.96. The molecule has 1 amide bonds.